The van der Waals surface area contributed by atoms with Gasteiger partial charge in [-0.1, -0.05) is 62.7 Å². The topological polar surface area (TPSA) is 159 Å². The summed E-state index contributed by atoms with van der Waals surface area (Å²) in [6.07, 6.45) is 4.63. The van der Waals surface area contributed by atoms with E-state index >= 15 is 0 Å². The molecule has 3 amide bonds. The third kappa shape index (κ3) is 8.10. The molecule has 4 N–H and O–H groups in total. The number of pyridine rings is 1. The summed E-state index contributed by atoms with van der Waals surface area (Å²) >= 11 is 0. The van der Waals surface area contributed by atoms with Gasteiger partial charge in [0, 0.05) is 41.5 Å². The number of hydrogen-bond acceptors (Lipinski definition) is 9. The predicted octanol–water partition coefficient (Wildman–Crippen LogP) is 6.99. The number of benzene rings is 3. The number of amides is 3. The van der Waals surface area contributed by atoms with E-state index in [0.29, 0.717) is 48.4 Å². The second kappa shape index (κ2) is 14.7. The molecule has 0 bridgehead atoms. The molecule has 1 aliphatic rings. The predicted molar refractivity (Wildman–Crippen MR) is 204 cm³/mol. The minimum absolute atomic E-state index is 0.215. The highest BCUT2D eigenvalue weighted by atomic mass is 16.5. The number of carbonyl (C=O) groups excluding carboxylic acids is 2. The normalized spacial score (nSPS) is 14.3. The Bertz CT molecular complexity index is 2260. The molecule has 1 fully saturated rings. The van der Waals surface area contributed by atoms with E-state index in [-0.39, 0.29) is 23.6 Å². The number of hydrogen-bond donors (Lipinski definition) is 4. The summed E-state index contributed by atoms with van der Waals surface area (Å²) < 4.78 is 8.04. The molecule has 13 heteroatoms. The average Bonchev–Trinajstić information content (AvgIpc) is 3.78. The molecule has 0 aliphatic carbocycles. The molecule has 3 aromatic carbocycles. The molecule has 4 heterocycles. The summed E-state index contributed by atoms with van der Waals surface area (Å²) in [5.41, 5.74) is 4.33. The van der Waals surface area contributed by atoms with Gasteiger partial charge < -0.3 is 25.4 Å². The van der Waals surface area contributed by atoms with Gasteiger partial charge in [-0.2, -0.15) is 5.10 Å². The highest BCUT2D eigenvalue weighted by molar-refractivity contribution is 6.07. The first kappa shape index (κ1) is 35.1. The Labute approximate surface area is 307 Å². The fourth-order valence-electron chi connectivity index (χ4n) is 6.01. The van der Waals surface area contributed by atoms with E-state index in [4.69, 9.17) is 9.84 Å². The van der Waals surface area contributed by atoms with E-state index in [1.807, 2.05) is 85.8 Å². The number of anilines is 4. The van der Waals surface area contributed by atoms with E-state index in [9.17, 15) is 14.7 Å². The number of aryl methyl sites for hydroxylation is 1. The molecule has 53 heavy (non-hydrogen) atoms. The lowest BCUT2D eigenvalue weighted by Crippen LogP contribution is -2.30. The number of nitrogens with one attached hydrogen (secondary N) is 3. The quantitative estimate of drug-likeness (QED) is 0.124. The van der Waals surface area contributed by atoms with Crippen LogP contribution in [0.15, 0.2) is 97.5 Å². The number of rotatable bonds is 9. The molecule has 0 saturated carbocycles. The summed E-state index contributed by atoms with van der Waals surface area (Å²) in [6, 6.07) is 24.6. The van der Waals surface area contributed by atoms with Crippen molar-refractivity contribution in [1.29, 1.82) is 0 Å². The lowest BCUT2D eigenvalue weighted by Gasteiger charge is -2.15. The number of carbonyl (C=O) groups is 2. The SMILES string of the molecule is Cc1ccc(-n2nc(C(C)(C)C)cc2NC(=O)Nc2ccc(OCc3ccnc(Nc4cnc(C(=O)N5CCC(O)C5)cn4)c3)c3ccccc23)cc1. The van der Waals surface area contributed by atoms with Crippen molar-refractivity contribution < 1.29 is 19.4 Å². The minimum Gasteiger partial charge on any atom is -0.488 e. The van der Waals surface area contributed by atoms with Crippen LogP contribution in [0.4, 0.5) is 27.9 Å². The van der Waals surface area contributed by atoms with Gasteiger partial charge in [0.05, 0.1) is 35.6 Å². The number of β-amino-alcohol motifs (C(OH)–C–C–N with tert-alkyl or cyclic N) is 1. The van der Waals surface area contributed by atoms with Gasteiger partial charge in [-0.05, 0) is 55.3 Å². The van der Waals surface area contributed by atoms with Crippen molar-refractivity contribution in [3.63, 3.8) is 0 Å². The van der Waals surface area contributed by atoms with E-state index in [0.717, 1.165) is 33.3 Å². The number of aromatic nitrogens is 5. The maximum absolute atomic E-state index is 13.5. The Morgan fingerprint density at radius 3 is 2.42 bits per heavy atom. The molecule has 6 aromatic rings. The minimum atomic E-state index is -0.501. The van der Waals surface area contributed by atoms with E-state index in [1.165, 1.54) is 12.4 Å². The van der Waals surface area contributed by atoms with E-state index < -0.39 is 12.1 Å². The summed E-state index contributed by atoms with van der Waals surface area (Å²) in [7, 11) is 0. The molecule has 0 spiro atoms. The number of likely N-dealkylation sites (tertiary alicyclic amines) is 1. The van der Waals surface area contributed by atoms with Crippen LogP contribution >= 0.6 is 0 Å². The van der Waals surface area contributed by atoms with Crippen LogP contribution in [0.2, 0.25) is 0 Å². The Kier molecular flexibility index (Phi) is 9.74. The van der Waals surface area contributed by atoms with Gasteiger partial charge in [0.1, 0.15) is 35.5 Å². The van der Waals surface area contributed by atoms with E-state index in [2.05, 4.69) is 51.7 Å². The van der Waals surface area contributed by atoms with Crippen LogP contribution in [0.5, 0.6) is 5.75 Å². The van der Waals surface area contributed by atoms with Crippen molar-refractivity contribution in [3.8, 4) is 11.4 Å². The fourth-order valence-corrected chi connectivity index (χ4v) is 6.01. The van der Waals surface area contributed by atoms with Crippen molar-refractivity contribution in [2.24, 2.45) is 0 Å². The largest absolute Gasteiger partial charge is 0.488 e. The Morgan fingerprint density at radius 2 is 1.70 bits per heavy atom. The van der Waals surface area contributed by atoms with Gasteiger partial charge in [-0.15, -0.1) is 0 Å². The van der Waals surface area contributed by atoms with Gasteiger partial charge >= 0.3 is 6.03 Å². The van der Waals surface area contributed by atoms with Crippen molar-refractivity contribution >= 4 is 45.9 Å². The summed E-state index contributed by atoms with van der Waals surface area (Å²) in [6.45, 7) is 9.34. The molecule has 270 valence electrons. The smallest absolute Gasteiger partial charge is 0.324 e. The molecule has 3 aromatic heterocycles. The standard InChI is InChI=1S/C40H41N9O4/c1-25-9-11-27(12-10-25)49-37(20-34(47-49)40(2,3)4)46-39(52)44-31-13-14-33(30-8-6-5-7-29(30)31)53-24-26-15-17-41-35(19-26)45-36-22-42-32(21-43-36)38(51)48-18-16-28(50)23-48/h5-15,17,19-22,28,50H,16,18,23-24H2,1-4H3,(H,41,43,45)(H2,44,46,52). The first-order chi connectivity index (χ1) is 25.5. The second-order valence-corrected chi connectivity index (χ2v) is 14.1. The molecule has 1 saturated heterocycles. The molecular weight excluding hydrogens is 670 g/mol. The Hall–Kier alpha value is -6.34. The third-order valence-corrected chi connectivity index (χ3v) is 8.93. The number of nitrogens with zero attached hydrogens (tertiary/aromatic N) is 6. The van der Waals surface area contributed by atoms with Crippen LogP contribution in [0.3, 0.4) is 0 Å². The van der Waals surface area contributed by atoms with Crippen LogP contribution < -0.4 is 20.7 Å². The molecule has 7 rings (SSSR count). The van der Waals surface area contributed by atoms with Crippen molar-refractivity contribution in [3.05, 3.63) is 120 Å². The van der Waals surface area contributed by atoms with Crippen molar-refractivity contribution in [2.45, 2.75) is 52.2 Å². The lowest BCUT2D eigenvalue weighted by molar-refractivity contribution is 0.0759. The molecular formula is C40H41N9O4. The maximum Gasteiger partial charge on any atom is 0.324 e. The average molecular weight is 712 g/mol. The number of urea groups is 1. The number of fused-ring (bicyclic) bond motifs is 1. The van der Waals surface area contributed by atoms with Crippen LogP contribution in [0, 0.1) is 6.92 Å². The van der Waals surface area contributed by atoms with Crippen LogP contribution in [0.25, 0.3) is 16.5 Å². The maximum atomic E-state index is 13.5. The van der Waals surface area contributed by atoms with E-state index in [1.54, 1.807) is 15.8 Å². The van der Waals surface area contributed by atoms with Gasteiger partial charge in [0.15, 0.2) is 0 Å². The second-order valence-electron chi connectivity index (χ2n) is 14.1. The van der Waals surface area contributed by atoms with Gasteiger partial charge in [-0.3, -0.25) is 10.1 Å². The molecule has 0 radical (unpaired) electrons. The molecule has 1 unspecified atom stereocenters. The number of aliphatic hydroxyl groups excluding tert-OH is 1. The molecule has 1 atom stereocenters. The zero-order valence-electron chi connectivity index (χ0n) is 30.0. The third-order valence-electron chi connectivity index (χ3n) is 8.93. The fraction of sp³-hybridized carbons (Fsp3) is 0.250. The summed E-state index contributed by atoms with van der Waals surface area (Å²) in [5.74, 6) is 1.93. The first-order valence-electron chi connectivity index (χ1n) is 17.4. The van der Waals surface area contributed by atoms with Crippen LogP contribution in [-0.4, -0.2) is 65.9 Å². The summed E-state index contributed by atoms with van der Waals surface area (Å²) in [4.78, 5) is 40.7. The highest BCUT2D eigenvalue weighted by Gasteiger charge is 2.26. The number of aliphatic hydroxyl groups is 1. The Balaban J connectivity index is 1.02. The first-order valence-corrected chi connectivity index (χ1v) is 17.4. The van der Waals surface area contributed by atoms with Gasteiger partial charge in [-0.25, -0.2) is 24.4 Å². The molecule has 1 aliphatic heterocycles. The lowest BCUT2D eigenvalue weighted by atomic mass is 9.92. The number of ether oxygens (including phenoxy) is 1. The Morgan fingerprint density at radius 1 is 0.906 bits per heavy atom. The monoisotopic (exact) mass is 711 g/mol. The molecule has 13 nitrogen and oxygen atoms in total. The van der Waals surface area contributed by atoms with Crippen LogP contribution in [0.1, 0.15) is 54.5 Å². The highest BCUT2D eigenvalue weighted by Crippen LogP contribution is 2.33. The zero-order chi connectivity index (χ0) is 37.1. The van der Waals surface area contributed by atoms with Gasteiger partial charge in [0.2, 0.25) is 0 Å². The summed E-state index contributed by atoms with van der Waals surface area (Å²) in [5, 5.41) is 25.4. The van der Waals surface area contributed by atoms with Gasteiger partial charge in [0.25, 0.3) is 5.91 Å². The van der Waals surface area contributed by atoms with Crippen molar-refractivity contribution in [1.82, 2.24) is 29.6 Å². The van der Waals surface area contributed by atoms with Crippen molar-refractivity contribution in [2.75, 3.05) is 29.0 Å². The zero-order valence-corrected chi connectivity index (χ0v) is 30.0. The van der Waals surface area contributed by atoms with Crippen LogP contribution in [-0.2, 0) is 12.0 Å².